The normalized spacial score (nSPS) is 13.6. The van der Waals surface area contributed by atoms with Crippen LogP contribution in [0.25, 0.3) is 10.8 Å². The lowest BCUT2D eigenvalue weighted by molar-refractivity contribution is -0.114. The van der Waals surface area contributed by atoms with Crippen molar-refractivity contribution in [1.29, 1.82) is 0 Å². The van der Waals surface area contributed by atoms with Gasteiger partial charge in [0.2, 0.25) is 15.7 Å². The summed E-state index contributed by atoms with van der Waals surface area (Å²) in [6, 6.07) is 9.58. The lowest BCUT2D eigenvalue weighted by atomic mass is 10.1. The predicted octanol–water partition coefficient (Wildman–Crippen LogP) is 3.11. The minimum Gasteiger partial charge on any atom is -0.505 e. The highest BCUT2D eigenvalue weighted by Crippen LogP contribution is 2.42. The molecule has 0 aromatic heterocycles. The predicted molar refractivity (Wildman–Crippen MR) is 130 cm³/mol. The van der Waals surface area contributed by atoms with Gasteiger partial charge in [-0.25, -0.2) is 12.6 Å². The fourth-order valence-electron chi connectivity index (χ4n) is 3.14. The van der Waals surface area contributed by atoms with Gasteiger partial charge in [-0.3, -0.25) is 13.9 Å². The van der Waals surface area contributed by atoms with Crippen LogP contribution in [0.1, 0.15) is 13.8 Å². The molecule has 1 atom stereocenters. The molecule has 3 rings (SSSR count). The Morgan fingerprint density at radius 2 is 1.57 bits per heavy atom. The average Bonchev–Trinajstić information content (AvgIpc) is 2.76. The summed E-state index contributed by atoms with van der Waals surface area (Å²) in [7, 11) is -14.3. The molecule has 17 heteroatoms. The van der Waals surface area contributed by atoms with Crippen molar-refractivity contribution in [2.45, 2.75) is 29.1 Å². The van der Waals surface area contributed by atoms with Crippen LogP contribution in [0.15, 0.2) is 68.6 Å². The summed E-state index contributed by atoms with van der Waals surface area (Å²) in [5.41, 5.74) is -2.29. The maximum absolute atomic E-state index is 12.4. The zero-order chi connectivity index (χ0) is 27.8. The van der Waals surface area contributed by atoms with Gasteiger partial charge in [0.25, 0.3) is 10.1 Å². The topological polar surface area (TPSA) is 226 Å². The van der Waals surface area contributed by atoms with Crippen molar-refractivity contribution in [2.75, 3.05) is 5.32 Å². The van der Waals surface area contributed by atoms with Gasteiger partial charge in [-0.1, -0.05) is 6.07 Å². The van der Waals surface area contributed by atoms with Crippen molar-refractivity contribution >= 4 is 64.1 Å². The van der Waals surface area contributed by atoms with E-state index in [-0.39, 0.29) is 21.4 Å². The summed E-state index contributed by atoms with van der Waals surface area (Å²) < 4.78 is 92.7. The molecule has 1 unspecified atom stereocenters. The molecule has 3 aromatic carbocycles. The molecule has 0 aliphatic carbocycles. The third-order valence-electron chi connectivity index (χ3n) is 4.78. The lowest BCUT2D eigenvalue weighted by Gasteiger charge is -2.11. The van der Waals surface area contributed by atoms with E-state index in [1.165, 1.54) is 25.1 Å². The van der Waals surface area contributed by atoms with Crippen molar-refractivity contribution < 1.29 is 48.4 Å². The summed E-state index contributed by atoms with van der Waals surface area (Å²) in [5, 5.41) is 21.0. The van der Waals surface area contributed by atoms with E-state index in [0.29, 0.717) is 5.69 Å². The molecule has 37 heavy (non-hydrogen) atoms. The molecule has 14 nitrogen and oxygen atoms in total. The van der Waals surface area contributed by atoms with Crippen LogP contribution in [0.5, 0.6) is 5.75 Å². The molecule has 0 saturated heterocycles. The number of benzene rings is 3. The second-order valence-electron chi connectivity index (χ2n) is 7.49. The molecule has 0 radical (unpaired) electrons. The summed E-state index contributed by atoms with van der Waals surface area (Å²) >= 11 is 0. The van der Waals surface area contributed by atoms with Crippen LogP contribution in [-0.4, -0.2) is 50.8 Å². The summed E-state index contributed by atoms with van der Waals surface area (Å²) in [6.45, 7) is 2.16. The van der Waals surface area contributed by atoms with Crippen LogP contribution >= 0.6 is 0 Å². The van der Waals surface area contributed by atoms with E-state index in [0.717, 1.165) is 37.3 Å². The number of anilines is 1. The minimum atomic E-state index is -5.03. The van der Waals surface area contributed by atoms with E-state index in [2.05, 4.69) is 19.7 Å². The van der Waals surface area contributed by atoms with Crippen molar-refractivity contribution in [1.82, 2.24) is 0 Å². The lowest BCUT2D eigenvalue weighted by Crippen LogP contribution is -2.24. The van der Waals surface area contributed by atoms with Crippen LogP contribution in [-0.2, 0) is 39.3 Å². The number of sulfone groups is 1. The molecular weight excluding hydrogens is 554 g/mol. The third kappa shape index (κ3) is 6.64. The largest absolute Gasteiger partial charge is 0.505 e. The molecule has 0 saturated carbocycles. The minimum absolute atomic E-state index is 0.0184. The zero-order valence-electron chi connectivity index (χ0n) is 18.9. The Morgan fingerprint density at radius 3 is 2.11 bits per heavy atom. The van der Waals surface area contributed by atoms with E-state index in [1.807, 2.05) is 0 Å². The van der Waals surface area contributed by atoms with Gasteiger partial charge in [0.15, 0.2) is 11.2 Å². The maximum Gasteiger partial charge on any atom is 0.398 e. The van der Waals surface area contributed by atoms with E-state index < -0.39 is 58.0 Å². The molecule has 4 N–H and O–H groups in total. The Kier molecular flexibility index (Phi) is 7.68. The van der Waals surface area contributed by atoms with Crippen molar-refractivity contribution in [3.8, 4) is 5.75 Å². The summed E-state index contributed by atoms with van der Waals surface area (Å²) in [6.07, 6.45) is 0. The van der Waals surface area contributed by atoms with Crippen molar-refractivity contribution in [2.24, 2.45) is 10.2 Å². The second kappa shape index (κ2) is 10.1. The fraction of sp³-hybridized carbons (Fsp3) is 0.150. The van der Waals surface area contributed by atoms with Gasteiger partial charge in [-0.05, 0) is 54.8 Å². The van der Waals surface area contributed by atoms with Gasteiger partial charge < -0.3 is 10.4 Å². The number of azo groups is 1. The number of hydrogen-bond acceptors (Lipinski definition) is 11. The van der Waals surface area contributed by atoms with Crippen LogP contribution in [0, 0.1) is 0 Å². The zero-order valence-corrected chi connectivity index (χ0v) is 21.4. The molecule has 198 valence electrons. The molecular formula is C20H19N3O11S3. The van der Waals surface area contributed by atoms with Gasteiger partial charge in [-0.15, -0.1) is 5.11 Å². The number of carbonyl (C=O) groups excluding carboxylic acids is 1. The average molecular weight is 574 g/mol. The van der Waals surface area contributed by atoms with E-state index >= 15 is 0 Å². The van der Waals surface area contributed by atoms with Crippen molar-refractivity contribution in [3.05, 3.63) is 48.5 Å². The van der Waals surface area contributed by atoms with Crippen LogP contribution < -0.4 is 5.32 Å². The maximum atomic E-state index is 12.4. The highest BCUT2D eigenvalue weighted by atomic mass is 32.3. The number of rotatable bonds is 8. The fourth-order valence-corrected chi connectivity index (χ4v) is 5.75. The molecule has 1 amide bonds. The number of hydrogen-bond donors (Lipinski definition) is 4. The van der Waals surface area contributed by atoms with E-state index in [1.54, 1.807) is 0 Å². The van der Waals surface area contributed by atoms with Gasteiger partial charge >= 0.3 is 10.4 Å². The molecule has 0 fully saturated rings. The number of aromatic hydroxyl groups is 1. The molecule has 3 aromatic rings. The number of fused-ring (bicyclic) bond motifs is 1. The second-order valence-corrected chi connectivity index (χ2v) is 12.2. The highest BCUT2D eigenvalue weighted by molar-refractivity contribution is 7.92. The third-order valence-corrected chi connectivity index (χ3v) is 8.20. The number of nitrogens with one attached hydrogen (secondary N) is 1. The number of phenols is 1. The van der Waals surface area contributed by atoms with Crippen LogP contribution in [0.4, 0.5) is 17.1 Å². The van der Waals surface area contributed by atoms with E-state index in [9.17, 15) is 39.7 Å². The first-order chi connectivity index (χ1) is 17.0. The number of carbonyl (C=O) groups is 1. The first-order valence-corrected chi connectivity index (χ1v) is 14.3. The first-order valence-electron chi connectivity index (χ1n) is 9.95. The SMILES string of the molecule is CC(=O)Nc1ccc2cc(S(=O)(=O)O)c(N=Nc3ccc(S(=O)(=O)C(C)OS(=O)(=O)O)cc3)c(O)c2c1. The Balaban J connectivity index is 2.03. The molecule has 0 aliphatic heterocycles. The van der Waals surface area contributed by atoms with Crippen molar-refractivity contribution in [3.63, 3.8) is 0 Å². The molecule has 0 heterocycles. The Bertz CT molecular complexity index is 1730. The Hall–Kier alpha value is -3.48. The summed E-state index contributed by atoms with van der Waals surface area (Å²) in [4.78, 5) is 10.2. The number of phenolic OH excluding ortho intramolecular Hbond substituents is 1. The van der Waals surface area contributed by atoms with Gasteiger partial charge in [0.05, 0.1) is 10.6 Å². The van der Waals surface area contributed by atoms with Gasteiger partial charge in [0, 0.05) is 18.0 Å². The molecule has 0 spiro atoms. The quantitative estimate of drug-likeness (QED) is 0.226. The smallest absolute Gasteiger partial charge is 0.398 e. The Morgan fingerprint density at radius 1 is 0.946 bits per heavy atom. The monoisotopic (exact) mass is 573 g/mol. The van der Waals surface area contributed by atoms with Crippen LogP contribution in [0.2, 0.25) is 0 Å². The Labute approximate surface area is 211 Å². The summed E-state index contributed by atoms with van der Waals surface area (Å²) in [5.74, 6) is -1.06. The highest BCUT2D eigenvalue weighted by Gasteiger charge is 2.28. The molecule has 0 aliphatic rings. The number of amides is 1. The van der Waals surface area contributed by atoms with Gasteiger partial charge in [-0.2, -0.15) is 21.9 Å². The van der Waals surface area contributed by atoms with Gasteiger partial charge in [0.1, 0.15) is 10.6 Å². The standard InChI is InChI=1S/C20H19N3O11S3/c1-11(24)21-15-4-3-13-9-18(36(28,29)30)19(20(25)17(13)10-15)23-22-14-5-7-16(8-6-14)35(26,27)12(2)34-37(31,32)33/h3-10,12,25H,1-2H3,(H,21,24)(H,28,29,30)(H,31,32,33). The first kappa shape index (κ1) is 28.1. The number of nitrogens with zero attached hydrogens (tertiary/aromatic N) is 2. The van der Waals surface area contributed by atoms with E-state index in [4.69, 9.17) is 4.55 Å². The molecule has 0 bridgehead atoms. The van der Waals surface area contributed by atoms with Crippen LogP contribution in [0.3, 0.4) is 0 Å².